The predicted molar refractivity (Wildman–Crippen MR) is 107 cm³/mol. The number of rotatable bonds is 6. The monoisotopic (exact) mass is 390 g/mol. The molecule has 29 heavy (non-hydrogen) atoms. The Bertz CT molecular complexity index is 1230. The van der Waals surface area contributed by atoms with Crippen molar-refractivity contribution in [1.82, 2.24) is 24.8 Å². The van der Waals surface area contributed by atoms with E-state index in [1.54, 1.807) is 30.5 Å². The lowest BCUT2D eigenvalue weighted by atomic mass is 10.2. The van der Waals surface area contributed by atoms with Crippen LogP contribution in [0.4, 0.5) is 5.82 Å². The van der Waals surface area contributed by atoms with Crippen molar-refractivity contribution in [3.63, 3.8) is 0 Å². The maximum Gasteiger partial charge on any atom is 0.349 e. The summed E-state index contributed by atoms with van der Waals surface area (Å²) in [6.45, 7) is 2.60. The summed E-state index contributed by atoms with van der Waals surface area (Å²) in [5.74, 6) is 1.64. The molecule has 0 fully saturated rings. The Kier molecular flexibility index (Phi) is 5.02. The highest BCUT2D eigenvalue weighted by molar-refractivity contribution is 5.96. The first-order valence-electron chi connectivity index (χ1n) is 8.99. The molecule has 2 N–H and O–H groups in total. The van der Waals surface area contributed by atoms with Gasteiger partial charge in [-0.15, -0.1) is 0 Å². The lowest BCUT2D eigenvalue weighted by molar-refractivity contribution is 0.0951. The van der Waals surface area contributed by atoms with Crippen molar-refractivity contribution in [2.24, 2.45) is 0 Å². The van der Waals surface area contributed by atoms with Gasteiger partial charge >= 0.3 is 5.63 Å². The lowest BCUT2D eigenvalue weighted by Gasteiger charge is -2.09. The van der Waals surface area contributed by atoms with Gasteiger partial charge in [0.05, 0.1) is 0 Å². The molecule has 1 amide bonds. The number of para-hydroxylation sites is 1. The number of imidazole rings is 1. The van der Waals surface area contributed by atoms with Crippen LogP contribution in [0.1, 0.15) is 16.2 Å². The number of hydrogen-bond acceptors (Lipinski definition) is 7. The summed E-state index contributed by atoms with van der Waals surface area (Å²) in [5, 5.41) is 6.52. The van der Waals surface area contributed by atoms with Crippen LogP contribution in [0.3, 0.4) is 0 Å². The van der Waals surface area contributed by atoms with Crippen LogP contribution in [-0.2, 0) is 0 Å². The molecule has 4 aromatic rings. The molecule has 0 radical (unpaired) electrons. The lowest BCUT2D eigenvalue weighted by Crippen LogP contribution is -2.32. The third-order valence-electron chi connectivity index (χ3n) is 4.33. The van der Waals surface area contributed by atoms with Gasteiger partial charge in [0, 0.05) is 36.9 Å². The Hall–Kier alpha value is -4.01. The molecule has 3 aromatic heterocycles. The number of amides is 1. The summed E-state index contributed by atoms with van der Waals surface area (Å²) in [5.41, 5.74) is -0.239. The number of aromatic nitrogens is 4. The molecule has 0 saturated heterocycles. The number of aryl methyl sites for hydroxylation is 1. The predicted octanol–water partition coefficient (Wildman–Crippen LogP) is 1.92. The average Bonchev–Trinajstić information content (AvgIpc) is 3.16. The molecule has 1 aromatic carbocycles. The van der Waals surface area contributed by atoms with Crippen LogP contribution in [-0.4, -0.2) is 38.5 Å². The van der Waals surface area contributed by atoms with E-state index in [0.717, 1.165) is 5.82 Å². The van der Waals surface area contributed by atoms with Crippen LogP contribution in [0.25, 0.3) is 16.8 Å². The van der Waals surface area contributed by atoms with Crippen LogP contribution in [0, 0.1) is 6.92 Å². The van der Waals surface area contributed by atoms with Gasteiger partial charge in [-0.2, -0.15) is 0 Å². The Morgan fingerprint density at radius 1 is 1.14 bits per heavy atom. The molecule has 4 rings (SSSR count). The molecule has 0 aliphatic heterocycles. The third kappa shape index (κ3) is 3.98. The summed E-state index contributed by atoms with van der Waals surface area (Å²) in [4.78, 5) is 36.9. The minimum Gasteiger partial charge on any atom is -0.422 e. The van der Waals surface area contributed by atoms with E-state index in [-0.39, 0.29) is 5.56 Å². The van der Waals surface area contributed by atoms with Gasteiger partial charge in [-0.1, -0.05) is 18.2 Å². The third-order valence-corrected chi connectivity index (χ3v) is 4.33. The zero-order valence-electron chi connectivity index (χ0n) is 15.6. The van der Waals surface area contributed by atoms with Gasteiger partial charge in [-0.05, 0) is 19.1 Å². The summed E-state index contributed by atoms with van der Waals surface area (Å²) in [6.07, 6.45) is 4.97. The number of hydrogen-bond donors (Lipinski definition) is 2. The fourth-order valence-corrected chi connectivity index (χ4v) is 2.88. The SMILES string of the molecule is Cc1nccn1-c1cc(NCCNC(=O)c2cc3ccccc3oc2=O)ncn1. The van der Waals surface area contributed by atoms with Gasteiger partial charge < -0.3 is 15.1 Å². The Balaban J connectivity index is 1.36. The van der Waals surface area contributed by atoms with Gasteiger partial charge in [-0.3, -0.25) is 9.36 Å². The molecule has 0 aliphatic rings. The summed E-state index contributed by atoms with van der Waals surface area (Å²) < 4.78 is 7.03. The molecule has 0 spiro atoms. The molecule has 146 valence electrons. The second-order valence-corrected chi connectivity index (χ2v) is 6.27. The fourth-order valence-electron chi connectivity index (χ4n) is 2.88. The van der Waals surface area contributed by atoms with Crippen molar-refractivity contribution in [3.05, 3.63) is 76.9 Å². The van der Waals surface area contributed by atoms with E-state index >= 15 is 0 Å². The molecule has 0 unspecified atom stereocenters. The number of nitrogens with zero attached hydrogens (tertiary/aromatic N) is 4. The normalized spacial score (nSPS) is 10.8. The molecule has 0 saturated carbocycles. The molecular weight excluding hydrogens is 372 g/mol. The van der Waals surface area contributed by atoms with Crippen molar-refractivity contribution in [2.45, 2.75) is 6.92 Å². The Morgan fingerprint density at radius 2 is 2.00 bits per heavy atom. The van der Waals surface area contributed by atoms with Crippen LogP contribution in [0.15, 0.2) is 64.3 Å². The largest absolute Gasteiger partial charge is 0.422 e. The van der Waals surface area contributed by atoms with Crippen molar-refractivity contribution >= 4 is 22.7 Å². The first kappa shape index (κ1) is 18.4. The second-order valence-electron chi connectivity index (χ2n) is 6.27. The molecule has 0 bridgehead atoms. The topological polar surface area (TPSA) is 115 Å². The highest BCUT2D eigenvalue weighted by atomic mass is 16.4. The maximum absolute atomic E-state index is 12.3. The minimum absolute atomic E-state index is 0.0244. The molecule has 9 nitrogen and oxygen atoms in total. The Morgan fingerprint density at radius 3 is 2.83 bits per heavy atom. The number of benzene rings is 1. The van der Waals surface area contributed by atoms with Crippen LogP contribution in [0.2, 0.25) is 0 Å². The van der Waals surface area contributed by atoms with E-state index < -0.39 is 11.5 Å². The van der Waals surface area contributed by atoms with Gasteiger partial charge in [0.1, 0.15) is 34.9 Å². The second kappa shape index (κ2) is 7.93. The van der Waals surface area contributed by atoms with Gasteiger partial charge in [0.25, 0.3) is 5.91 Å². The summed E-state index contributed by atoms with van der Waals surface area (Å²) in [7, 11) is 0. The highest BCUT2D eigenvalue weighted by Crippen LogP contribution is 2.13. The molecule has 9 heteroatoms. The summed E-state index contributed by atoms with van der Waals surface area (Å²) >= 11 is 0. The number of nitrogens with one attached hydrogen (secondary N) is 2. The van der Waals surface area contributed by atoms with Gasteiger partial charge in [0.2, 0.25) is 0 Å². The molecule has 3 heterocycles. The number of carbonyl (C=O) groups is 1. The van der Waals surface area contributed by atoms with E-state index in [1.807, 2.05) is 23.8 Å². The number of fused-ring (bicyclic) bond motifs is 1. The number of anilines is 1. The van der Waals surface area contributed by atoms with Crippen molar-refractivity contribution in [2.75, 3.05) is 18.4 Å². The zero-order chi connectivity index (χ0) is 20.2. The smallest absolute Gasteiger partial charge is 0.349 e. The molecular formula is C20H18N6O3. The zero-order valence-corrected chi connectivity index (χ0v) is 15.6. The quantitative estimate of drug-likeness (QED) is 0.382. The van der Waals surface area contributed by atoms with Crippen molar-refractivity contribution in [3.8, 4) is 5.82 Å². The standard InChI is InChI=1S/C20H18N6O3/c1-13-21-8-9-26(13)18-11-17(24-12-25-18)22-6-7-23-19(27)15-10-14-4-2-3-5-16(14)29-20(15)28/h2-5,8-12H,6-7H2,1H3,(H,23,27)(H,22,24,25). The first-order valence-corrected chi connectivity index (χ1v) is 8.99. The van der Waals surface area contributed by atoms with E-state index in [0.29, 0.717) is 35.7 Å². The van der Waals surface area contributed by atoms with Crippen molar-refractivity contribution in [1.29, 1.82) is 0 Å². The van der Waals surface area contributed by atoms with E-state index in [2.05, 4.69) is 25.6 Å². The van der Waals surface area contributed by atoms with E-state index in [4.69, 9.17) is 4.42 Å². The van der Waals surface area contributed by atoms with Crippen LogP contribution in [0.5, 0.6) is 0 Å². The molecule has 0 aliphatic carbocycles. The first-order chi connectivity index (χ1) is 14.1. The fraction of sp³-hybridized carbons (Fsp3) is 0.150. The van der Waals surface area contributed by atoms with Gasteiger partial charge in [0.15, 0.2) is 0 Å². The van der Waals surface area contributed by atoms with E-state index in [1.165, 1.54) is 12.4 Å². The number of carbonyl (C=O) groups excluding carboxylic acids is 1. The van der Waals surface area contributed by atoms with Crippen molar-refractivity contribution < 1.29 is 9.21 Å². The average molecular weight is 390 g/mol. The molecule has 0 atom stereocenters. The van der Waals surface area contributed by atoms with Crippen LogP contribution < -0.4 is 16.3 Å². The summed E-state index contributed by atoms with van der Waals surface area (Å²) in [6, 6.07) is 10.4. The minimum atomic E-state index is -0.662. The van der Waals surface area contributed by atoms with E-state index in [9.17, 15) is 9.59 Å². The van der Waals surface area contributed by atoms with Gasteiger partial charge in [-0.25, -0.2) is 19.7 Å². The Labute approximate surface area is 165 Å². The van der Waals surface area contributed by atoms with Crippen LogP contribution >= 0.6 is 0 Å². The highest BCUT2D eigenvalue weighted by Gasteiger charge is 2.13. The maximum atomic E-state index is 12.3.